The van der Waals surface area contributed by atoms with Crippen LogP contribution in [0.1, 0.15) is 43.1 Å². The number of carboxylic acid groups (broad SMARTS) is 1. The molecule has 0 aliphatic carbocycles. The van der Waals surface area contributed by atoms with E-state index in [1.54, 1.807) is 18.2 Å². The van der Waals surface area contributed by atoms with E-state index in [1.807, 2.05) is 25.3 Å². The first-order valence-corrected chi connectivity index (χ1v) is 8.59. The third-order valence-corrected chi connectivity index (χ3v) is 5.11. The Morgan fingerprint density at radius 3 is 2.50 bits per heavy atom. The highest BCUT2D eigenvalue weighted by molar-refractivity contribution is 7.85. The summed E-state index contributed by atoms with van der Waals surface area (Å²) in [7, 11) is -3.97. The van der Waals surface area contributed by atoms with Crippen LogP contribution in [0, 0.1) is 0 Å². The topological polar surface area (TPSA) is 94.7 Å². The van der Waals surface area contributed by atoms with Crippen molar-refractivity contribution in [3.63, 3.8) is 0 Å². The molecule has 0 unspecified atom stereocenters. The summed E-state index contributed by atoms with van der Waals surface area (Å²) >= 11 is 0. The maximum atomic E-state index is 11.1. The van der Waals surface area contributed by atoms with Crippen LogP contribution in [0.15, 0.2) is 18.2 Å². The van der Waals surface area contributed by atoms with Crippen LogP contribution in [0.4, 0.5) is 5.69 Å². The molecule has 0 amide bonds. The molecule has 0 bridgehead atoms. The van der Waals surface area contributed by atoms with E-state index >= 15 is 0 Å². The van der Waals surface area contributed by atoms with Crippen LogP contribution >= 0.6 is 0 Å². The second kappa shape index (κ2) is 5.48. The van der Waals surface area contributed by atoms with E-state index in [1.165, 1.54) is 0 Å². The fourth-order valence-corrected chi connectivity index (χ4v) is 3.31. The van der Waals surface area contributed by atoms with Crippen molar-refractivity contribution < 1.29 is 27.4 Å². The fourth-order valence-electron chi connectivity index (χ4n) is 2.81. The molecule has 22 heavy (non-hydrogen) atoms. The summed E-state index contributed by atoms with van der Waals surface area (Å²) in [4.78, 5) is 11.1. The quantitative estimate of drug-likeness (QED) is 0.638. The zero-order chi connectivity index (χ0) is 16.7. The van der Waals surface area contributed by atoms with Crippen molar-refractivity contribution >= 4 is 27.5 Å². The molecule has 0 spiro atoms. The Morgan fingerprint density at radius 1 is 1.32 bits per heavy atom. The summed E-state index contributed by atoms with van der Waals surface area (Å²) in [6, 6.07) is 4.97. The molecule has 0 fully saturated rings. The zero-order valence-corrected chi connectivity index (χ0v) is 13.6. The number of carboxylic acids is 1. The molecule has 2 N–H and O–H groups in total. The Morgan fingerprint density at radius 2 is 1.95 bits per heavy atom. The molecule has 6 nitrogen and oxygen atoms in total. The van der Waals surface area contributed by atoms with Crippen molar-refractivity contribution in [2.24, 2.45) is 0 Å². The van der Waals surface area contributed by atoms with Gasteiger partial charge in [-0.15, -0.1) is 0 Å². The smallest absolute Gasteiger partial charge is 0.335 e. The molecule has 1 aromatic carbocycles. The Bertz CT molecular complexity index is 762. The summed E-state index contributed by atoms with van der Waals surface area (Å²) in [6.45, 7) is 6.42. The van der Waals surface area contributed by atoms with Crippen molar-refractivity contribution in [2.45, 2.75) is 32.6 Å². The van der Waals surface area contributed by atoms with Gasteiger partial charge in [0.2, 0.25) is 5.69 Å². The van der Waals surface area contributed by atoms with Gasteiger partial charge in [-0.25, -0.2) is 4.79 Å². The largest absolute Gasteiger partial charge is 0.478 e. The fraction of sp³-hybridized carbons (Fsp3) is 0.467. The van der Waals surface area contributed by atoms with Crippen LogP contribution in [0.25, 0.3) is 0 Å². The molecule has 120 valence electrons. The average molecular weight is 326 g/mol. The maximum absolute atomic E-state index is 11.1. The molecule has 7 heteroatoms. The van der Waals surface area contributed by atoms with Crippen molar-refractivity contribution in [3.05, 3.63) is 29.3 Å². The lowest BCUT2D eigenvalue weighted by molar-refractivity contribution is -0.438. The Balaban J connectivity index is 2.37. The van der Waals surface area contributed by atoms with Gasteiger partial charge >= 0.3 is 5.97 Å². The zero-order valence-electron chi connectivity index (χ0n) is 12.8. The van der Waals surface area contributed by atoms with Gasteiger partial charge in [-0.1, -0.05) is 0 Å². The molecule has 0 radical (unpaired) electrons. The number of rotatable bonds is 5. The van der Waals surface area contributed by atoms with Crippen LogP contribution in [0.3, 0.4) is 0 Å². The lowest BCUT2D eigenvalue weighted by Crippen LogP contribution is -2.27. The molecular formula is C15H20NO5S+. The number of hydrogen-bond acceptors (Lipinski definition) is 3. The van der Waals surface area contributed by atoms with Crippen LogP contribution < -0.4 is 0 Å². The molecule has 0 aromatic heterocycles. The van der Waals surface area contributed by atoms with E-state index in [4.69, 9.17) is 9.66 Å². The number of aromatic carboxylic acids is 1. The number of fused-ring (bicyclic) bond motifs is 1. The van der Waals surface area contributed by atoms with E-state index in [-0.39, 0.29) is 16.7 Å². The van der Waals surface area contributed by atoms with Crippen molar-refractivity contribution in [1.82, 2.24) is 0 Å². The average Bonchev–Trinajstić information content (AvgIpc) is 2.58. The van der Waals surface area contributed by atoms with E-state index in [0.717, 1.165) is 17.0 Å². The lowest BCUT2D eigenvalue weighted by atomic mass is 9.81. The van der Waals surface area contributed by atoms with Crippen molar-refractivity contribution in [1.29, 1.82) is 0 Å². The second-order valence-electron chi connectivity index (χ2n) is 6.04. The third-order valence-electron chi connectivity index (χ3n) is 4.30. The van der Waals surface area contributed by atoms with Gasteiger partial charge in [0.25, 0.3) is 10.1 Å². The molecule has 0 saturated heterocycles. The van der Waals surface area contributed by atoms with Gasteiger partial charge in [-0.3, -0.25) is 4.55 Å². The number of carbonyl (C=O) groups is 1. The molecular weight excluding hydrogens is 306 g/mol. The highest BCUT2D eigenvalue weighted by Gasteiger charge is 2.43. The highest BCUT2D eigenvalue weighted by atomic mass is 32.2. The van der Waals surface area contributed by atoms with Crippen molar-refractivity contribution in [2.75, 3.05) is 12.3 Å². The van der Waals surface area contributed by atoms with Gasteiger partial charge < -0.3 is 5.11 Å². The van der Waals surface area contributed by atoms with Crippen LogP contribution in [-0.2, 0) is 15.5 Å². The first kappa shape index (κ1) is 16.6. The normalized spacial score (nSPS) is 16.7. The van der Waals surface area contributed by atoms with Crippen LogP contribution in [-0.4, -0.2) is 46.6 Å². The van der Waals surface area contributed by atoms with Gasteiger partial charge in [0, 0.05) is 25.0 Å². The van der Waals surface area contributed by atoms with Gasteiger partial charge in [0.15, 0.2) is 5.71 Å². The van der Waals surface area contributed by atoms with Gasteiger partial charge in [-0.05, 0) is 26.0 Å². The highest BCUT2D eigenvalue weighted by Crippen LogP contribution is 2.40. The lowest BCUT2D eigenvalue weighted by Gasteiger charge is -2.15. The Labute approximate surface area is 129 Å². The summed E-state index contributed by atoms with van der Waals surface area (Å²) in [5.41, 5.74) is 2.75. The minimum atomic E-state index is -3.97. The summed E-state index contributed by atoms with van der Waals surface area (Å²) < 4.78 is 32.5. The first-order valence-electron chi connectivity index (χ1n) is 6.98. The van der Waals surface area contributed by atoms with Gasteiger partial charge in [-0.2, -0.15) is 13.0 Å². The molecule has 1 heterocycles. The predicted octanol–water partition coefficient (Wildman–Crippen LogP) is 2.06. The maximum Gasteiger partial charge on any atom is 0.335 e. The molecule has 1 aromatic rings. The number of hydrogen-bond donors (Lipinski definition) is 2. The molecule has 1 aliphatic heterocycles. The van der Waals surface area contributed by atoms with E-state index in [0.29, 0.717) is 13.0 Å². The summed E-state index contributed by atoms with van der Waals surface area (Å²) in [5, 5.41) is 9.13. The Kier molecular flexibility index (Phi) is 4.14. The Hall–Kier alpha value is -1.73. The third kappa shape index (κ3) is 3.05. The van der Waals surface area contributed by atoms with E-state index in [9.17, 15) is 13.2 Å². The first-order chi connectivity index (χ1) is 10.0. The minimum absolute atomic E-state index is 0.236. The van der Waals surface area contributed by atoms with E-state index in [2.05, 4.69) is 0 Å². The molecule has 1 aliphatic rings. The molecule has 2 rings (SSSR count). The van der Waals surface area contributed by atoms with Crippen LogP contribution in [0.2, 0.25) is 0 Å². The van der Waals surface area contributed by atoms with Gasteiger partial charge in [0.05, 0.1) is 16.7 Å². The number of nitrogens with zero attached hydrogens (tertiary/aromatic N) is 1. The predicted molar refractivity (Wildman–Crippen MR) is 82.9 cm³/mol. The van der Waals surface area contributed by atoms with E-state index < -0.39 is 16.1 Å². The monoisotopic (exact) mass is 326 g/mol. The molecule has 0 atom stereocenters. The minimum Gasteiger partial charge on any atom is -0.478 e. The molecule has 0 saturated carbocycles. The summed E-state index contributed by atoms with van der Waals surface area (Å²) in [5.74, 6) is -1.26. The SMILES string of the molecule is CC1=[N+](CCCS(=O)(=O)O)c2ccc(C(=O)O)cc2C1(C)C. The second-order valence-corrected chi connectivity index (χ2v) is 7.61. The number of benzene rings is 1. The van der Waals surface area contributed by atoms with Gasteiger partial charge in [0.1, 0.15) is 6.54 Å². The standard InChI is InChI=1S/C15H19NO5S/c1-10-15(2,3)12-9-11(14(17)18)5-6-13(12)16(10)7-4-8-22(19,20)21/h5-6,9H,4,7-8H2,1-3H3,(H-,17,18,19,20,21)/p+1. The van der Waals surface area contributed by atoms with Crippen molar-refractivity contribution in [3.8, 4) is 0 Å². The summed E-state index contributed by atoms with van der Waals surface area (Å²) in [6.07, 6.45) is 0.298. The van der Waals surface area contributed by atoms with Crippen LogP contribution in [0.5, 0.6) is 0 Å².